The molecule has 2 fully saturated rings. The van der Waals surface area contributed by atoms with Crippen LogP contribution < -0.4 is 0 Å². The molecule has 0 heterocycles. The zero-order chi connectivity index (χ0) is 10.5. The van der Waals surface area contributed by atoms with Crippen molar-refractivity contribution in [3.8, 4) is 0 Å². The van der Waals surface area contributed by atoms with Gasteiger partial charge in [-0.25, -0.2) is 0 Å². The molecule has 0 aromatic carbocycles. The SMILES string of the molecule is CC(=O)OC1CC2CC(O)C1C2(C)C. The van der Waals surface area contributed by atoms with Crippen LogP contribution in [-0.4, -0.2) is 23.3 Å². The summed E-state index contributed by atoms with van der Waals surface area (Å²) in [5, 5.41) is 9.85. The van der Waals surface area contributed by atoms with Crippen molar-refractivity contribution in [2.24, 2.45) is 17.3 Å². The van der Waals surface area contributed by atoms with E-state index in [0.717, 1.165) is 12.8 Å². The summed E-state index contributed by atoms with van der Waals surface area (Å²) >= 11 is 0. The van der Waals surface area contributed by atoms with Gasteiger partial charge in [-0.2, -0.15) is 0 Å². The smallest absolute Gasteiger partial charge is 0.302 e. The zero-order valence-electron chi connectivity index (χ0n) is 8.99. The number of ether oxygens (including phenoxy) is 1. The lowest BCUT2D eigenvalue weighted by Crippen LogP contribution is -2.35. The molecule has 1 N–H and O–H groups in total. The highest BCUT2D eigenvalue weighted by molar-refractivity contribution is 5.66. The molecule has 0 amide bonds. The zero-order valence-corrected chi connectivity index (χ0v) is 8.99. The molecule has 0 saturated heterocycles. The topological polar surface area (TPSA) is 46.5 Å². The monoisotopic (exact) mass is 198 g/mol. The second kappa shape index (κ2) is 2.96. The predicted molar refractivity (Wildman–Crippen MR) is 51.6 cm³/mol. The Morgan fingerprint density at radius 1 is 1.43 bits per heavy atom. The van der Waals surface area contributed by atoms with E-state index in [4.69, 9.17) is 4.74 Å². The predicted octanol–water partition coefficient (Wildman–Crippen LogP) is 1.34. The summed E-state index contributed by atoms with van der Waals surface area (Å²) in [6, 6.07) is 0. The molecule has 0 aromatic heterocycles. The number of aliphatic hydroxyl groups is 1. The van der Waals surface area contributed by atoms with Gasteiger partial charge in [0.25, 0.3) is 0 Å². The minimum absolute atomic E-state index is 0.0590. The van der Waals surface area contributed by atoms with Crippen molar-refractivity contribution < 1.29 is 14.6 Å². The van der Waals surface area contributed by atoms with Crippen molar-refractivity contribution in [3.63, 3.8) is 0 Å². The first kappa shape index (κ1) is 9.97. The Morgan fingerprint density at radius 3 is 2.50 bits per heavy atom. The molecule has 2 rings (SSSR count). The fourth-order valence-electron chi connectivity index (χ4n) is 3.40. The van der Waals surface area contributed by atoms with E-state index < -0.39 is 0 Å². The van der Waals surface area contributed by atoms with Crippen LogP contribution in [0.4, 0.5) is 0 Å². The summed E-state index contributed by atoms with van der Waals surface area (Å²) < 4.78 is 5.25. The number of fused-ring (bicyclic) bond motifs is 2. The maximum absolute atomic E-state index is 10.9. The van der Waals surface area contributed by atoms with Gasteiger partial charge < -0.3 is 9.84 Å². The van der Waals surface area contributed by atoms with Crippen molar-refractivity contribution in [2.75, 3.05) is 0 Å². The van der Waals surface area contributed by atoms with E-state index in [2.05, 4.69) is 13.8 Å². The fraction of sp³-hybridized carbons (Fsp3) is 0.909. The van der Waals surface area contributed by atoms with Gasteiger partial charge in [-0.05, 0) is 24.2 Å². The molecule has 2 bridgehead atoms. The van der Waals surface area contributed by atoms with Gasteiger partial charge in [-0.15, -0.1) is 0 Å². The van der Waals surface area contributed by atoms with Crippen LogP contribution in [0.2, 0.25) is 0 Å². The van der Waals surface area contributed by atoms with Crippen LogP contribution >= 0.6 is 0 Å². The van der Waals surface area contributed by atoms with Crippen molar-refractivity contribution in [2.45, 2.75) is 45.8 Å². The highest BCUT2D eigenvalue weighted by atomic mass is 16.5. The third-order valence-corrected chi connectivity index (χ3v) is 4.09. The average Bonchev–Trinajstić information content (AvgIpc) is 2.33. The van der Waals surface area contributed by atoms with Crippen LogP contribution in [0.5, 0.6) is 0 Å². The van der Waals surface area contributed by atoms with Crippen molar-refractivity contribution >= 4 is 5.97 Å². The van der Waals surface area contributed by atoms with Crippen LogP contribution in [0.3, 0.4) is 0 Å². The minimum atomic E-state index is -0.284. The molecule has 0 aliphatic heterocycles. The summed E-state index contributed by atoms with van der Waals surface area (Å²) in [7, 11) is 0. The van der Waals surface area contributed by atoms with Gasteiger partial charge in [-0.1, -0.05) is 13.8 Å². The second-order valence-electron chi connectivity index (χ2n) is 5.23. The molecule has 2 saturated carbocycles. The average molecular weight is 198 g/mol. The Hall–Kier alpha value is -0.570. The third kappa shape index (κ3) is 1.26. The van der Waals surface area contributed by atoms with Gasteiger partial charge >= 0.3 is 5.97 Å². The van der Waals surface area contributed by atoms with Gasteiger partial charge in [-0.3, -0.25) is 4.79 Å². The van der Waals surface area contributed by atoms with Crippen LogP contribution in [0.15, 0.2) is 0 Å². The Kier molecular flexibility index (Phi) is 2.11. The molecular weight excluding hydrogens is 180 g/mol. The summed E-state index contributed by atoms with van der Waals surface area (Å²) in [5.74, 6) is 0.411. The summed E-state index contributed by atoms with van der Waals surface area (Å²) in [6.45, 7) is 5.77. The standard InChI is InChI=1S/C11H18O3/c1-6(12)14-9-5-7-4-8(13)10(9)11(7,2)3/h7-10,13H,4-5H2,1-3H3. The van der Waals surface area contributed by atoms with Crippen LogP contribution in [0.1, 0.15) is 33.6 Å². The van der Waals surface area contributed by atoms with Gasteiger partial charge in [0.1, 0.15) is 6.10 Å². The molecule has 3 heteroatoms. The number of carbonyl (C=O) groups excluding carboxylic acids is 1. The Morgan fingerprint density at radius 2 is 2.07 bits per heavy atom. The van der Waals surface area contributed by atoms with Crippen molar-refractivity contribution in [3.05, 3.63) is 0 Å². The lowest BCUT2D eigenvalue weighted by molar-refractivity contribution is -0.151. The third-order valence-electron chi connectivity index (χ3n) is 4.09. The number of hydrogen-bond donors (Lipinski definition) is 1. The van der Waals surface area contributed by atoms with Gasteiger partial charge in [0.15, 0.2) is 0 Å². The molecule has 2 aliphatic rings. The van der Waals surface area contributed by atoms with E-state index in [1.807, 2.05) is 0 Å². The molecule has 2 aliphatic carbocycles. The number of aliphatic hydroxyl groups excluding tert-OH is 1. The van der Waals surface area contributed by atoms with Crippen LogP contribution in [0.25, 0.3) is 0 Å². The largest absolute Gasteiger partial charge is 0.462 e. The number of rotatable bonds is 1. The highest BCUT2D eigenvalue weighted by Gasteiger charge is 2.59. The van der Waals surface area contributed by atoms with E-state index in [1.54, 1.807) is 0 Å². The molecular formula is C11H18O3. The quantitative estimate of drug-likeness (QED) is 0.647. The van der Waals surface area contributed by atoms with E-state index in [9.17, 15) is 9.90 Å². The Balaban J connectivity index is 2.15. The van der Waals surface area contributed by atoms with E-state index in [-0.39, 0.29) is 29.5 Å². The van der Waals surface area contributed by atoms with E-state index in [1.165, 1.54) is 6.92 Å². The fourth-order valence-corrected chi connectivity index (χ4v) is 3.40. The summed E-state index contributed by atoms with van der Waals surface area (Å²) in [4.78, 5) is 10.9. The Bertz CT molecular complexity index is 259. The molecule has 0 spiro atoms. The lowest BCUT2D eigenvalue weighted by Gasteiger charge is -2.28. The first-order valence-electron chi connectivity index (χ1n) is 5.28. The summed E-state index contributed by atoms with van der Waals surface area (Å²) in [5.41, 5.74) is 0.125. The van der Waals surface area contributed by atoms with Gasteiger partial charge in [0.2, 0.25) is 0 Å². The van der Waals surface area contributed by atoms with Crippen LogP contribution in [0, 0.1) is 17.3 Å². The second-order valence-corrected chi connectivity index (χ2v) is 5.23. The van der Waals surface area contributed by atoms with Crippen LogP contribution in [-0.2, 0) is 9.53 Å². The first-order chi connectivity index (χ1) is 6.43. The maximum Gasteiger partial charge on any atom is 0.302 e. The Labute approximate surface area is 84.4 Å². The minimum Gasteiger partial charge on any atom is -0.462 e. The molecule has 4 atom stereocenters. The number of carbonyl (C=O) groups is 1. The molecule has 0 radical (unpaired) electrons. The molecule has 0 aromatic rings. The molecule has 14 heavy (non-hydrogen) atoms. The highest BCUT2D eigenvalue weighted by Crippen LogP contribution is 2.58. The first-order valence-corrected chi connectivity index (χ1v) is 5.28. The summed E-state index contributed by atoms with van der Waals surface area (Å²) in [6.07, 6.45) is 1.45. The number of esters is 1. The molecule has 4 unspecified atom stereocenters. The number of hydrogen-bond acceptors (Lipinski definition) is 3. The normalized spacial score (nSPS) is 44.0. The van der Waals surface area contributed by atoms with Crippen molar-refractivity contribution in [1.29, 1.82) is 0 Å². The molecule has 80 valence electrons. The lowest BCUT2D eigenvalue weighted by atomic mass is 9.81. The maximum atomic E-state index is 10.9. The van der Waals surface area contributed by atoms with Gasteiger partial charge in [0, 0.05) is 12.8 Å². The van der Waals surface area contributed by atoms with E-state index >= 15 is 0 Å². The van der Waals surface area contributed by atoms with E-state index in [0.29, 0.717) is 5.92 Å². The molecule has 3 nitrogen and oxygen atoms in total. The van der Waals surface area contributed by atoms with Gasteiger partial charge in [0.05, 0.1) is 6.10 Å². The van der Waals surface area contributed by atoms with Crippen molar-refractivity contribution in [1.82, 2.24) is 0 Å².